The Bertz CT molecular complexity index is 617. The van der Waals surface area contributed by atoms with E-state index in [4.69, 9.17) is 11.6 Å². The first kappa shape index (κ1) is 10.7. The highest BCUT2D eigenvalue weighted by molar-refractivity contribution is 6.31. The lowest BCUT2D eigenvalue weighted by molar-refractivity contribution is 0.525. The zero-order valence-electron chi connectivity index (χ0n) is 9.19. The normalized spacial score (nSPS) is 19.9. The smallest absolute Gasteiger partial charge is 0.261 e. The molecule has 17 heavy (non-hydrogen) atoms. The van der Waals surface area contributed by atoms with Gasteiger partial charge in [-0.2, -0.15) is 0 Å². The van der Waals surface area contributed by atoms with Crippen LogP contribution < -0.4 is 10.9 Å². The van der Waals surface area contributed by atoms with Gasteiger partial charge in [-0.1, -0.05) is 11.6 Å². The Balaban J connectivity index is 2.21. The summed E-state index contributed by atoms with van der Waals surface area (Å²) < 4.78 is 1.71. The number of hydrogen-bond acceptors (Lipinski definition) is 3. The van der Waals surface area contributed by atoms with Gasteiger partial charge in [0, 0.05) is 11.6 Å². The lowest BCUT2D eigenvalue weighted by atomic mass is 10.2. The number of nitrogens with zero attached hydrogens (tertiary/aromatic N) is 2. The standard InChI is InChI=1S/C12H12ClN3O/c13-8-1-2-11-10(5-8)12(17)16(7-15-11)9-3-4-14-6-9/h1-2,5,7,9,14H,3-4,6H2. The fourth-order valence-electron chi connectivity index (χ4n) is 2.25. The number of aromatic nitrogens is 2. The largest absolute Gasteiger partial charge is 0.315 e. The molecule has 2 heterocycles. The van der Waals surface area contributed by atoms with Crippen molar-refractivity contribution in [3.05, 3.63) is 39.9 Å². The molecule has 1 aliphatic heterocycles. The molecule has 0 aliphatic carbocycles. The van der Waals surface area contributed by atoms with Gasteiger partial charge in [-0.25, -0.2) is 4.98 Å². The van der Waals surface area contributed by atoms with E-state index in [1.807, 2.05) is 0 Å². The number of benzene rings is 1. The van der Waals surface area contributed by atoms with Crippen LogP contribution in [0.3, 0.4) is 0 Å². The van der Waals surface area contributed by atoms with Crippen LogP contribution in [0.15, 0.2) is 29.3 Å². The maximum Gasteiger partial charge on any atom is 0.261 e. The lowest BCUT2D eigenvalue weighted by Crippen LogP contribution is -2.26. The van der Waals surface area contributed by atoms with Gasteiger partial charge in [-0.15, -0.1) is 0 Å². The second kappa shape index (κ2) is 4.13. The predicted octanol–water partition coefficient (Wildman–Crippen LogP) is 1.58. The Morgan fingerprint density at radius 3 is 3.12 bits per heavy atom. The first-order chi connectivity index (χ1) is 8.25. The number of fused-ring (bicyclic) bond motifs is 1. The molecule has 0 saturated carbocycles. The van der Waals surface area contributed by atoms with E-state index >= 15 is 0 Å². The first-order valence-corrected chi connectivity index (χ1v) is 6.00. The average Bonchev–Trinajstić information content (AvgIpc) is 2.84. The van der Waals surface area contributed by atoms with Crippen molar-refractivity contribution in [1.82, 2.24) is 14.9 Å². The van der Waals surface area contributed by atoms with E-state index in [0.717, 1.165) is 19.5 Å². The van der Waals surface area contributed by atoms with Crippen LogP contribution in [0.4, 0.5) is 0 Å². The summed E-state index contributed by atoms with van der Waals surface area (Å²) in [6.45, 7) is 1.78. The number of halogens is 1. The van der Waals surface area contributed by atoms with Crippen molar-refractivity contribution in [2.45, 2.75) is 12.5 Å². The third-order valence-electron chi connectivity index (χ3n) is 3.17. The Hall–Kier alpha value is -1.39. The summed E-state index contributed by atoms with van der Waals surface area (Å²) in [5.74, 6) is 0. The molecule has 1 saturated heterocycles. The van der Waals surface area contributed by atoms with Gasteiger partial charge in [0.1, 0.15) is 0 Å². The minimum atomic E-state index is -0.00815. The molecule has 1 aliphatic rings. The topological polar surface area (TPSA) is 46.9 Å². The van der Waals surface area contributed by atoms with Crippen LogP contribution in [-0.2, 0) is 0 Å². The van der Waals surface area contributed by atoms with E-state index in [9.17, 15) is 4.79 Å². The summed E-state index contributed by atoms with van der Waals surface area (Å²) >= 11 is 5.91. The van der Waals surface area contributed by atoms with Gasteiger partial charge < -0.3 is 5.32 Å². The second-order valence-corrected chi connectivity index (χ2v) is 4.70. The molecule has 3 rings (SSSR count). The Kier molecular flexibility index (Phi) is 2.61. The molecule has 4 nitrogen and oxygen atoms in total. The van der Waals surface area contributed by atoms with E-state index in [1.165, 1.54) is 0 Å². The van der Waals surface area contributed by atoms with Gasteiger partial charge in [0.2, 0.25) is 0 Å². The SMILES string of the molecule is O=c1c2cc(Cl)ccc2ncn1C1CCNC1. The van der Waals surface area contributed by atoms with Crippen molar-refractivity contribution in [3.63, 3.8) is 0 Å². The van der Waals surface area contributed by atoms with Gasteiger partial charge in [0.25, 0.3) is 5.56 Å². The van der Waals surface area contributed by atoms with Crippen LogP contribution in [-0.4, -0.2) is 22.6 Å². The molecule has 1 atom stereocenters. The maximum atomic E-state index is 12.3. The van der Waals surface area contributed by atoms with Crippen molar-refractivity contribution in [2.24, 2.45) is 0 Å². The Labute approximate surface area is 103 Å². The molecule has 0 bridgehead atoms. The van der Waals surface area contributed by atoms with Crippen molar-refractivity contribution < 1.29 is 0 Å². The Morgan fingerprint density at radius 2 is 2.35 bits per heavy atom. The summed E-state index contributed by atoms with van der Waals surface area (Å²) in [4.78, 5) is 16.6. The van der Waals surface area contributed by atoms with Gasteiger partial charge in [0.05, 0.1) is 23.3 Å². The van der Waals surface area contributed by atoms with Crippen LogP contribution >= 0.6 is 11.6 Å². The lowest BCUT2D eigenvalue weighted by Gasteiger charge is -2.12. The van der Waals surface area contributed by atoms with Crippen LogP contribution in [0.1, 0.15) is 12.5 Å². The van der Waals surface area contributed by atoms with Crippen LogP contribution in [0.25, 0.3) is 10.9 Å². The van der Waals surface area contributed by atoms with Gasteiger partial charge >= 0.3 is 0 Å². The summed E-state index contributed by atoms with van der Waals surface area (Å²) in [6, 6.07) is 5.41. The predicted molar refractivity (Wildman–Crippen MR) is 67.5 cm³/mol. The van der Waals surface area contributed by atoms with Crippen LogP contribution in [0, 0.1) is 0 Å². The fraction of sp³-hybridized carbons (Fsp3) is 0.333. The van der Waals surface area contributed by atoms with E-state index in [-0.39, 0.29) is 11.6 Å². The van der Waals surface area contributed by atoms with Crippen molar-refractivity contribution in [2.75, 3.05) is 13.1 Å². The minimum Gasteiger partial charge on any atom is -0.315 e. The third kappa shape index (κ3) is 1.83. The maximum absolute atomic E-state index is 12.3. The third-order valence-corrected chi connectivity index (χ3v) is 3.41. The summed E-state index contributed by atoms with van der Waals surface area (Å²) in [5.41, 5.74) is 0.688. The molecule has 5 heteroatoms. The van der Waals surface area contributed by atoms with E-state index in [1.54, 1.807) is 29.1 Å². The number of nitrogens with one attached hydrogen (secondary N) is 1. The molecule has 0 amide bonds. The first-order valence-electron chi connectivity index (χ1n) is 5.63. The molecule has 1 aromatic carbocycles. The van der Waals surface area contributed by atoms with E-state index in [0.29, 0.717) is 15.9 Å². The van der Waals surface area contributed by atoms with Crippen LogP contribution in [0.2, 0.25) is 5.02 Å². The minimum absolute atomic E-state index is 0.00815. The molecule has 0 spiro atoms. The quantitative estimate of drug-likeness (QED) is 0.835. The van der Waals surface area contributed by atoms with Crippen molar-refractivity contribution in [3.8, 4) is 0 Å². The summed E-state index contributed by atoms with van der Waals surface area (Å²) in [5, 5.41) is 4.40. The van der Waals surface area contributed by atoms with E-state index < -0.39 is 0 Å². The fourth-order valence-corrected chi connectivity index (χ4v) is 2.42. The number of rotatable bonds is 1. The Morgan fingerprint density at radius 1 is 1.47 bits per heavy atom. The molecule has 2 aromatic rings. The highest BCUT2D eigenvalue weighted by Crippen LogP contribution is 2.17. The van der Waals surface area contributed by atoms with Crippen LogP contribution in [0.5, 0.6) is 0 Å². The molecule has 88 valence electrons. The molecule has 1 fully saturated rings. The molecule has 1 N–H and O–H groups in total. The average molecular weight is 250 g/mol. The highest BCUT2D eigenvalue weighted by atomic mass is 35.5. The van der Waals surface area contributed by atoms with E-state index in [2.05, 4.69) is 10.3 Å². The molecule has 0 radical (unpaired) electrons. The number of hydrogen-bond donors (Lipinski definition) is 1. The second-order valence-electron chi connectivity index (χ2n) is 4.27. The summed E-state index contributed by atoms with van der Waals surface area (Å²) in [6.07, 6.45) is 2.60. The summed E-state index contributed by atoms with van der Waals surface area (Å²) in [7, 11) is 0. The van der Waals surface area contributed by atoms with Crippen molar-refractivity contribution >= 4 is 22.5 Å². The molecule has 1 aromatic heterocycles. The van der Waals surface area contributed by atoms with Crippen molar-refractivity contribution in [1.29, 1.82) is 0 Å². The molecular weight excluding hydrogens is 238 g/mol. The van der Waals surface area contributed by atoms with Gasteiger partial charge in [-0.05, 0) is 31.2 Å². The monoisotopic (exact) mass is 249 g/mol. The van der Waals surface area contributed by atoms with Gasteiger partial charge in [-0.3, -0.25) is 9.36 Å². The highest BCUT2D eigenvalue weighted by Gasteiger charge is 2.18. The molecular formula is C12H12ClN3O. The molecule has 1 unspecified atom stereocenters. The zero-order chi connectivity index (χ0) is 11.8. The zero-order valence-corrected chi connectivity index (χ0v) is 9.94. The van der Waals surface area contributed by atoms with Gasteiger partial charge in [0.15, 0.2) is 0 Å².